The van der Waals surface area contributed by atoms with E-state index in [9.17, 15) is 0 Å². The summed E-state index contributed by atoms with van der Waals surface area (Å²) >= 11 is 0. The van der Waals surface area contributed by atoms with Gasteiger partial charge >= 0.3 is 0 Å². The number of aromatic nitrogens is 1. The number of rotatable bonds is 3. The molecule has 0 aliphatic rings. The van der Waals surface area contributed by atoms with Crippen LogP contribution in [0, 0.1) is 0 Å². The average Bonchev–Trinajstić information content (AvgIpc) is 2.71. The molecule has 0 spiro atoms. The fraction of sp³-hybridized carbons (Fsp3) is 0.167. The van der Waals surface area contributed by atoms with Crippen molar-refractivity contribution < 1.29 is 0 Å². The molecule has 0 aliphatic heterocycles. The Morgan fingerprint density at radius 3 is 2.43 bits per heavy atom. The summed E-state index contributed by atoms with van der Waals surface area (Å²) in [4.78, 5) is 0. The van der Waals surface area contributed by atoms with E-state index in [1.807, 2.05) is 12.1 Å². The molecule has 0 bridgehead atoms. The van der Waals surface area contributed by atoms with Crippen LogP contribution in [0.5, 0.6) is 0 Å². The lowest BCUT2D eigenvalue weighted by Crippen LogP contribution is -2.00. The van der Waals surface area contributed by atoms with E-state index in [0.29, 0.717) is 6.54 Å². The molecule has 0 unspecified atom stereocenters. The normalized spacial score (nSPS) is 10.4. The van der Waals surface area contributed by atoms with Gasteiger partial charge < -0.3 is 10.3 Å². The zero-order chi connectivity index (χ0) is 9.80. The summed E-state index contributed by atoms with van der Waals surface area (Å²) < 4.78 is 2.15. The van der Waals surface area contributed by atoms with E-state index in [-0.39, 0.29) is 0 Å². The highest BCUT2D eigenvalue weighted by Gasteiger charge is 1.95. The molecule has 0 radical (unpaired) electrons. The molecular formula is C12H14N2. The predicted octanol–water partition coefficient (Wildman–Crippen LogP) is 2.00. The second-order valence-corrected chi connectivity index (χ2v) is 3.38. The molecule has 2 rings (SSSR count). The summed E-state index contributed by atoms with van der Waals surface area (Å²) in [5.74, 6) is 0. The lowest BCUT2D eigenvalue weighted by atomic mass is 10.1. The van der Waals surface area contributed by atoms with Gasteiger partial charge in [-0.3, -0.25) is 0 Å². The summed E-state index contributed by atoms with van der Waals surface area (Å²) in [5, 5.41) is 0. The Hall–Kier alpha value is -1.54. The summed E-state index contributed by atoms with van der Waals surface area (Å²) in [7, 11) is 0. The smallest absolute Gasteiger partial charge is 0.0470 e. The number of hydrogen-bond acceptors (Lipinski definition) is 1. The highest BCUT2D eigenvalue weighted by Crippen LogP contribution is 2.06. The first-order valence-electron chi connectivity index (χ1n) is 4.77. The van der Waals surface area contributed by atoms with Crippen molar-refractivity contribution in [2.24, 2.45) is 5.73 Å². The van der Waals surface area contributed by atoms with Gasteiger partial charge in [0.15, 0.2) is 0 Å². The van der Waals surface area contributed by atoms with Gasteiger partial charge in [-0.15, -0.1) is 0 Å². The van der Waals surface area contributed by atoms with Gasteiger partial charge in [0.05, 0.1) is 0 Å². The van der Waals surface area contributed by atoms with Crippen LogP contribution in [0.1, 0.15) is 11.1 Å². The minimum atomic E-state index is 0.611. The summed E-state index contributed by atoms with van der Waals surface area (Å²) in [6.07, 6.45) is 4.13. The van der Waals surface area contributed by atoms with Crippen molar-refractivity contribution in [1.29, 1.82) is 0 Å². The molecule has 2 nitrogen and oxygen atoms in total. The Bertz CT molecular complexity index is 390. The number of nitrogens with zero attached hydrogens (tertiary/aromatic N) is 1. The third kappa shape index (κ3) is 2.03. The molecule has 1 heterocycles. The molecule has 72 valence electrons. The van der Waals surface area contributed by atoms with Crippen molar-refractivity contribution in [1.82, 2.24) is 4.57 Å². The van der Waals surface area contributed by atoms with Gasteiger partial charge in [-0.1, -0.05) is 24.3 Å². The van der Waals surface area contributed by atoms with Crippen LogP contribution >= 0.6 is 0 Å². The Balaban J connectivity index is 2.17. The third-order valence-electron chi connectivity index (χ3n) is 2.26. The van der Waals surface area contributed by atoms with Crippen molar-refractivity contribution in [3.8, 4) is 0 Å². The molecule has 0 amide bonds. The van der Waals surface area contributed by atoms with Gasteiger partial charge in [0.2, 0.25) is 0 Å². The first-order valence-corrected chi connectivity index (χ1v) is 4.77. The largest absolute Gasteiger partial charge is 0.350 e. The minimum Gasteiger partial charge on any atom is -0.350 e. The van der Waals surface area contributed by atoms with Crippen LogP contribution in [0.4, 0.5) is 0 Å². The lowest BCUT2D eigenvalue weighted by molar-refractivity contribution is 0.804. The van der Waals surface area contributed by atoms with Crippen molar-refractivity contribution in [2.45, 2.75) is 13.1 Å². The van der Waals surface area contributed by atoms with E-state index in [1.165, 1.54) is 11.1 Å². The van der Waals surface area contributed by atoms with E-state index in [1.54, 1.807) is 0 Å². The summed E-state index contributed by atoms with van der Waals surface area (Å²) in [5.41, 5.74) is 8.07. The van der Waals surface area contributed by atoms with Crippen LogP contribution in [0.25, 0.3) is 0 Å². The quantitative estimate of drug-likeness (QED) is 0.781. The van der Waals surface area contributed by atoms with Crippen LogP contribution < -0.4 is 5.73 Å². The zero-order valence-electron chi connectivity index (χ0n) is 8.06. The third-order valence-corrected chi connectivity index (χ3v) is 2.26. The van der Waals surface area contributed by atoms with Crippen molar-refractivity contribution in [2.75, 3.05) is 0 Å². The molecule has 0 atom stereocenters. The maximum absolute atomic E-state index is 5.59. The van der Waals surface area contributed by atoms with E-state index in [2.05, 4.69) is 41.2 Å². The van der Waals surface area contributed by atoms with Gasteiger partial charge in [-0.25, -0.2) is 0 Å². The van der Waals surface area contributed by atoms with Gasteiger partial charge in [-0.2, -0.15) is 0 Å². The monoisotopic (exact) mass is 186 g/mol. The predicted molar refractivity (Wildman–Crippen MR) is 57.9 cm³/mol. The first kappa shape index (κ1) is 9.03. The minimum absolute atomic E-state index is 0.611. The second-order valence-electron chi connectivity index (χ2n) is 3.38. The highest BCUT2D eigenvalue weighted by molar-refractivity contribution is 5.23. The van der Waals surface area contributed by atoms with Crippen LogP contribution in [0.3, 0.4) is 0 Å². The topological polar surface area (TPSA) is 30.9 Å². The SMILES string of the molecule is NCc1cccc(Cn2cccc2)c1. The first-order chi connectivity index (χ1) is 6.88. The van der Waals surface area contributed by atoms with Gasteiger partial charge in [0.25, 0.3) is 0 Å². The molecule has 14 heavy (non-hydrogen) atoms. The number of benzene rings is 1. The molecule has 1 aromatic carbocycles. The molecule has 2 aromatic rings. The molecule has 2 heteroatoms. The highest BCUT2D eigenvalue weighted by atomic mass is 14.9. The van der Waals surface area contributed by atoms with Gasteiger partial charge in [-0.05, 0) is 23.3 Å². The van der Waals surface area contributed by atoms with Crippen LogP contribution in [-0.4, -0.2) is 4.57 Å². The number of nitrogens with two attached hydrogens (primary N) is 1. The van der Waals surface area contributed by atoms with Crippen molar-refractivity contribution >= 4 is 0 Å². The van der Waals surface area contributed by atoms with Crippen LogP contribution in [0.2, 0.25) is 0 Å². The molecule has 0 fully saturated rings. The maximum atomic E-state index is 5.59. The maximum Gasteiger partial charge on any atom is 0.0470 e. The van der Waals surface area contributed by atoms with E-state index in [4.69, 9.17) is 5.73 Å². The van der Waals surface area contributed by atoms with E-state index >= 15 is 0 Å². The molecule has 0 saturated carbocycles. The fourth-order valence-electron chi connectivity index (χ4n) is 1.54. The molecule has 1 aromatic heterocycles. The Kier molecular flexibility index (Phi) is 2.65. The van der Waals surface area contributed by atoms with Crippen LogP contribution in [0.15, 0.2) is 48.8 Å². The molecule has 0 saturated heterocycles. The van der Waals surface area contributed by atoms with E-state index in [0.717, 1.165) is 6.54 Å². The lowest BCUT2D eigenvalue weighted by Gasteiger charge is -2.04. The fourth-order valence-corrected chi connectivity index (χ4v) is 1.54. The second kappa shape index (κ2) is 4.11. The standard InChI is InChI=1S/C12H14N2/c13-9-11-4-3-5-12(8-11)10-14-6-1-2-7-14/h1-8H,9-10,13H2. The van der Waals surface area contributed by atoms with Crippen LogP contribution in [-0.2, 0) is 13.1 Å². The van der Waals surface area contributed by atoms with Gasteiger partial charge in [0, 0.05) is 25.5 Å². The molecular weight excluding hydrogens is 172 g/mol. The summed E-state index contributed by atoms with van der Waals surface area (Å²) in [6, 6.07) is 12.5. The summed E-state index contributed by atoms with van der Waals surface area (Å²) in [6.45, 7) is 1.53. The Morgan fingerprint density at radius 2 is 1.71 bits per heavy atom. The Morgan fingerprint density at radius 1 is 1.00 bits per heavy atom. The zero-order valence-corrected chi connectivity index (χ0v) is 8.06. The molecule has 2 N–H and O–H groups in total. The van der Waals surface area contributed by atoms with Crippen molar-refractivity contribution in [3.05, 3.63) is 59.9 Å². The Labute approximate surface area is 84.0 Å². The van der Waals surface area contributed by atoms with E-state index < -0.39 is 0 Å². The number of hydrogen-bond donors (Lipinski definition) is 1. The molecule has 0 aliphatic carbocycles. The van der Waals surface area contributed by atoms with Gasteiger partial charge in [0.1, 0.15) is 0 Å². The average molecular weight is 186 g/mol. The van der Waals surface area contributed by atoms with Crippen molar-refractivity contribution in [3.63, 3.8) is 0 Å².